The predicted octanol–water partition coefficient (Wildman–Crippen LogP) is 0.726. The number of carbonyl (C=O) groups is 1. The SMILES string of the molecule is CCCn1cc(CC(N)C(=O)OCC)cn1. The lowest BCUT2D eigenvalue weighted by atomic mass is 10.1. The van der Waals surface area contributed by atoms with Crippen molar-refractivity contribution >= 4 is 5.97 Å². The van der Waals surface area contributed by atoms with E-state index in [0.717, 1.165) is 18.5 Å². The molecular formula is C11H19N3O2. The van der Waals surface area contributed by atoms with Crippen LogP contribution in [-0.2, 0) is 22.5 Å². The zero-order valence-electron chi connectivity index (χ0n) is 9.85. The number of hydrogen-bond donors (Lipinski definition) is 1. The van der Waals surface area contributed by atoms with E-state index in [9.17, 15) is 4.79 Å². The molecule has 0 saturated carbocycles. The maximum absolute atomic E-state index is 11.3. The Hall–Kier alpha value is -1.36. The van der Waals surface area contributed by atoms with Crippen molar-refractivity contribution in [3.05, 3.63) is 18.0 Å². The third kappa shape index (κ3) is 3.66. The van der Waals surface area contributed by atoms with Crippen LogP contribution in [-0.4, -0.2) is 28.4 Å². The smallest absolute Gasteiger partial charge is 0.323 e. The third-order valence-corrected chi connectivity index (χ3v) is 2.18. The molecule has 1 aromatic rings. The fourth-order valence-corrected chi connectivity index (χ4v) is 1.45. The number of rotatable bonds is 6. The van der Waals surface area contributed by atoms with E-state index < -0.39 is 6.04 Å². The van der Waals surface area contributed by atoms with Gasteiger partial charge in [-0.15, -0.1) is 0 Å². The number of nitrogens with zero attached hydrogens (tertiary/aromatic N) is 2. The monoisotopic (exact) mass is 225 g/mol. The Kier molecular flexibility index (Phi) is 4.98. The van der Waals surface area contributed by atoms with Gasteiger partial charge in [0.15, 0.2) is 0 Å². The lowest BCUT2D eigenvalue weighted by molar-refractivity contribution is -0.144. The molecule has 5 heteroatoms. The first-order valence-corrected chi connectivity index (χ1v) is 5.60. The summed E-state index contributed by atoms with van der Waals surface area (Å²) >= 11 is 0. The van der Waals surface area contributed by atoms with Gasteiger partial charge in [0, 0.05) is 19.2 Å². The Morgan fingerprint density at radius 3 is 3.00 bits per heavy atom. The maximum atomic E-state index is 11.3. The predicted molar refractivity (Wildman–Crippen MR) is 60.8 cm³/mol. The van der Waals surface area contributed by atoms with E-state index in [1.165, 1.54) is 0 Å². The molecule has 16 heavy (non-hydrogen) atoms. The number of esters is 1. The topological polar surface area (TPSA) is 70.1 Å². The molecule has 0 saturated heterocycles. The minimum absolute atomic E-state index is 0.356. The van der Waals surface area contributed by atoms with Crippen LogP contribution in [0, 0.1) is 0 Å². The molecule has 1 unspecified atom stereocenters. The van der Waals surface area contributed by atoms with E-state index in [0.29, 0.717) is 13.0 Å². The van der Waals surface area contributed by atoms with Crippen LogP contribution >= 0.6 is 0 Å². The fourth-order valence-electron chi connectivity index (χ4n) is 1.45. The van der Waals surface area contributed by atoms with Gasteiger partial charge in [0.1, 0.15) is 6.04 Å². The van der Waals surface area contributed by atoms with Gasteiger partial charge in [0.2, 0.25) is 0 Å². The summed E-state index contributed by atoms with van der Waals surface area (Å²) in [4.78, 5) is 11.3. The van der Waals surface area contributed by atoms with Crippen molar-refractivity contribution in [2.75, 3.05) is 6.61 Å². The maximum Gasteiger partial charge on any atom is 0.323 e. The number of hydrogen-bond acceptors (Lipinski definition) is 4. The van der Waals surface area contributed by atoms with Gasteiger partial charge < -0.3 is 10.5 Å². The van der Waals surface area contributed by atoms with Gasteiger partial charge in [-0.25, -0.2) is 0 Å². The van der Waals surface area contributed by atoms with Crippen molar-refractivity contribution in [3.63, 3.8) is 0 Å². The molecule has 5 nitrogen and oxygen atoms in total. The molecule has 1 atom stereocenters. The number of ether oxygens (including phenoxy) is 1. The summed E-state index contributed by atoms with van der Waals surface area (Å²) in [6, 6.07) is -0.598. The van der Waals surface area contributed by atoms with Gasteiger partial charge in [-0.05, 0) is 18.9 Å². The van der Waals surface area contributed by atoms with Crippen LogP contribution in [0.1, 0.15) is 25.8 Å². The standard InChI is InChI=1S/C11H19N3O2/c1-3-5-14-8-9(7-13-14)6-10(12)11(15)16-4-2/h7-8,10H,3-6,12H2,1-2H3. The zero-order valence-corrected chi connectivity index (χ0v) is 9.85. The minimum Gasteiger partial charge on any atom is -0.465 e. The Morgan fingerprint density at radius 1 is 1.62 bits per heavy atom. The largest absolute Gasteiger partial charge is 0.465 e. The van der Waals surface area contributed by atoms with Crippen molar-refractivity contribution in [1.29, 1.82) is 0 Å². The van der Waals surface area contributed by atoms with Gasteiger partial charge in [-0.1, -0.05) is 6.92 Å². The zero-order chi connectivity index (χ0) is 12.0. The van der Waals surface area contributed by atoms with Crippen molar-refractivity contribution in [2.45, 2.75) is 39.3 Å². The molecular weight excluding hydrogens is 206 g/mol. The average molecular weight is 225 g/mol. The molecule has 2 N–H and O–H groups in total. The molecule has 0 aromatic carbocycles. The highest BCUT2D eigenvalue weighted by molar-refractivity contribution is 5.75. The lowest BCUT2D eigenvalue weighted by Gasteiger charge is -2.08. The number of aryl methyl sites for hydroxylation is 1. The van der Waals surface area contributed by atoms with Crippen LogP contribution in [0.5, 0.6) is 0 Å². The van der Waals surface area contributed by atoms with Crippen molar-refractivity contribution in [2.24, 2.45) is 5.73 Å². The van der Waals surface area contributed by atoms with Crippen LogP contribution in [0.2, 0.25) is 0 Å². The summed E-state index contributed by atoms with van der Waals surface area (Å²) in [5.41, 5.74) is 6.67. The minimum atomic E-state index is -0.598. The Labute approximate surface area is 95.6 Å². The Balaban J connectivity index is 2.48. The van der Waals surface area contributed by atoms with Crippen LogP contribution in [0.4, 0.5) is 0 Å². The van der Waals surface area contributed by atoms with Gasteiger partial charge >= 0.3 is 5.97 Å². The first kappa shape index (κ1) is 12.7. The fraction of sp³-hybridized carbons (Fsp3) is 0.636. The van der Waals surface area contributed by atoms with Crippen LogP contribution in [0.25, 0.3) is 0 Å². The highest BCUT2D eigenvalue weighted by Gasteiger charge is 2.15. The molecule has 0 bridgehead atoms. The molecule has 0 aliphatic heterocycles. The summed E-state index contributed by atoms with van der Waals surface area (Å²) in [5, 5.41) is 4.17. The second kappa shape index (κ2) is 6.27. The summed E-state index contributed by atoms with van der Waals surface area (Å²) < 4.78 is 6.69. The van der Waals surface area contributed by atoms with Crippen molar-refractivity contribution < 1.29 is 9.53 Å². The Bertz CT molecular complexity index is 336. The van der Waals surface area contributed by atoms with Gasteiger partial charge in [0.05, 0.1) is 12.8 Å². The first-order valence-electron chi connectivity index (χ1n) is 5.60. The summed E-state index contributed by atoms with van der Waals surface area (Å²) in [5.74, 6) is -0.356. The number of nitrogens with two attached hydrogens (primary N) is 1. The molecule has 0 aliphatic rings. The van der Waals surface area contributed by atoms with Crippen LogP contribution in [0.3, 0.4) is 0 Å². The van der Waals surface area contributed by atoms with Crippen molar-refractivity contribution in [3.8, 4) is 0 Å². The van der Waals surface area contributed by atoms with Crippen LogP contribution in [0.15, 0.2) is 12.4 Å². The molecule has 0 fully saturated rings. The highest BCUT2D eigenvalue weighted by atomic mass is 16.5. The van der Waals surface area contributed by atoms with Crippen LogP contribution < -0.4 is 5.73 Å². The summed E-state index contributed by atoms with van der Waals surface area (Å²) in [6.07, 6.45) is 5.17. The molecule has 1 rings (SSSR count). The quantitative estimate of drug-likeness (QED) is 0.724. The second-order valence-electron chi connectivity index (χ2n) is 3.67. The normalized spacial score (nSPS) is 12.4. The molecule has 0 radical (unpaired) electrons. The van der Waals surface area contributed by atoms with Gasteiger partial charge in [-0.3, -0.25) is 9.48 Å². The van der Waals surface area contributed by atoms with Gasteiger partial charge in [0.25, 0.3) is 0 Å². The first-order chi connectivity index (χ1) is 7.67. The molecule has 1 heterocycles. The molecule has 90 valence electrons. The highest BCUT2D eigenvalue weighted by Crippen LogP contribution is 2.03. The summed E-state index contributed by atoms with van der Waals surface area (Å²) in [7, 11) is 0. The third-order valence-electron chi connectivity index (χ3n) is 2.18. The molecule has 0 aliphatic carbocycles. The van der Waals surface area contributed by atoms with E-state index >= 15 is 0 Å². The second-order valence-corrected chi connectivity index (χ2v) is 3.67. The van der Waals surface area contributed by atoms with E-state index in [1.54, 1.807) is 13.1 Å². The number of carbonyl (C=O) groups excluding carboxylic acids is 1. The van der Waals surface area contributed by atoms with Crippen molar-refractivity contribution in [1.82, 2.24) is 9.78 Å². The van der Waals surface area contributed by atoms with E-state index in [-0.39, 0.29) is 5.97 Å². The summed E-state index contributed by atoms with van der Waals surface area (Å²) in [6.45, 7) is 5.10. The average Bonchev–Trinajstić information content (AvgIpc) is 2.66. The molecule has 1 aromatic heterocycles. The molecule has 0 spiro atoms. The van der Waals surface area contributed by atoms with E-state index in [1.807, 2.05) is 10.9 Å². The lowest BCUT2D eigenvalue weighted by Crippen LogP contribution is -2.34. The molecule has 0 amide bonds. The van der Waals surface area contributed by atoms with E-state index in [4.69, 9.17) is 10.5 Å². The van der Waals surface area contributed by atoms with Gasteiger partial charge in [-0.2, -0.15) is 5.10 Å². The van der Waals surface area contributed by atoms with E-state index in [2.05, 4.69) is 12.0 Å². The Morgan fingerprint density at radius 2 is 2.38 bits per heavy atom. The number of aromatic nitrogens is 2.